The van der Waals surface area contributed by atoms with Crippen LogP contribution in [0.3, 0.4) is 0 Å². The van der Waals surface area contributed by atoms with Crippen molar-refractivity contribution < 1.29 is 0 Å². The molecule has 15 aromatic carbocycles. The largest absolute Gasteiger partial charge is 0.330 e. The third-order valence-corrected chi connectivity index (χ3v) is 20.9. The molecular formula is C95H66N4. The standard InChI is InChI=1S/C95H66N4/c1-95(58-57-93(80-43-20-21-44-85(80)95)98-91-53-49-72(66-29-10-4-11-30-66)61-83(91)84-62-73(50-54-92(84)98)67-31-12-5-13-32-67)99(94-46-23-36-69-34-15-17-40-77(69)94)75-38-24-37-74(63-75)96(86-45-22-35-68-33-14-16-39-76(68)86)87-55-56-88(79-42-19-18-41-78(79)87)97-89-51-47-70(64-25-6-2-7-26-64)59-81(89)82-60-71(48-52-90(82)97)65-27-8-3-9-28-65/h2-63,85H,1H3/t85?,95-/m0/s1. The fraction of sp³-hybridized carbons (Fsp3) is 0.0316. The smallest absolute Gasteiger partial charge is 0.0713 e. The van der Waals surface area contributed by atoms with Crippen molar-refractivity contribution in [2.75, 3.05) is 9.80 Å². The van der Waals surface area contributed by atoms with E-state index in [9.17, 15) is 0 Å². The molecule has 0 saturated heterocycles. The summed E-state index contributed by atoms with van der Waals surface area (Å²) in [6.45, 7) is 2.45. The molecule has 0 saturated carbocycles. The Balaban J connectivity index is 0.798. The van der Waals surface area contributed by atoms with Crippen molar-refractivity contribution in [3.63, 3.8) is 0 Å². The summed E-state index contributed by atoms with van der Waals surface area (Å²) in [5.74, 6) is -0.0915. The third kappa shape index (κ3) is 9.58. The zero-order chi connectivity index (χ0) is 65.5. The molecule has 2 aromatic heterocycles. The minimum Gasteiger partial charge on any atom is -0.330 e. The van der Waals surface area contributed by atoms with E-state index in [2.05, 4.69) is 402 Å². The Bertz CT molecular complexity index is 5980. The summed E-state index contributed by atoms with van der Waals surface area (Å²) in [5, 5.41) is 11.9. The lowest BCUT2D eigenvalue weighted by molar-refractivity contribution is 0.469. The van der Waals surface area contributed by atoms with Crippen LogP contribution in [0.4, 0.5) is 28.4 Å². The second-order valence-corrected chi connectivity index (χ2v) is 26.5. The molecule has 99 heavy (non-hydrogen) atoms. The highest BCUT2D eigenvalue weighted by Crippen LogP contribution is 2.53. The van der Waals surface area contributed by atoms with Crippen LogP contribution in [0.5, 0.6) is 0 Å². The maximum Gasteiger partial charge on any atom is 0.0713 e. The predicted molar refractivity (Wildman–Crippen MR) is 420 cm³/mol. The zero-order valence-electron chi connectivity index (χ0n) is 54.7. The van der Waals surface area contributed by atoms with Crippen molar-refractivity contribution in [3.05, 3.63) is 382 Å². The van der Waals surface area contributed by atoms with Crippen molar-refractivity contribution in [1.29, 1.82) is 0 Å². The molecule has 0 spiro atoms. The molecule has 0 amide bonds. The van der Waals surface area contributed by atoms with Gasteiger partial charge in [-0.25, -0.2) is 0 Å². The van der Waals surface area contributed by atoms with E-state index in [1.54, 1.807) is 0 Å². The predicted octanol–water partition coefficient (Wildman–Crippen LogP) is 25.6. The Morgan fingerprint density at radius 2 is 0.707 bits per heavy atom. The van der Waals surface area contributed by atoms with Gasteiger partial charge in [0.2, 0.25) is 0 Å². The van der Waals surface area contributed by atoms with E-state index in [1.165, 1.54) is 98.8 Å². The SMILES string of the molecule is C[C@]1(N(c2cccc(N(c3cccc4ccccc34)c3ccc(-n4c5ccc(-c6ccccc6)cc5c5cc(-c6ccccc6)ccc54)c4ccccc34)c2)c2cccc3ccccc23)C=CC(n2c3ccc(-c4ccccc4)cc3c3cc(-c4ccccc4)ccc32)=C2C=CC=CC21. The number of hydrogen-bond acceptors (Lipinski definition) is 2. The molecule has 4 nitrogen and oxygen atoms in total. The molecule has 0 N–H and O–H groups in total. The molecule has 466 valence electrons. The molecular weight excluding hydrogens is 1200 g/mol. The lowest BCUT2D eigenvalue weighted by Gasteiger charge is -2.49. The summed E-state index contributed by atoms with van der Waals surface area (Å²) >= 11 is 0. The Morgan fingerprint density at radius 1 is 0.293 bits per heavy atom. The number of nitrogens with zero attached hydrogens (tertiary/aromatic N) is 4. The zero-order valence-corrected chi connectivity index (χ0v) is 54.7. The van der Waals surface area contributed by atoms with E-state index in [1.807, 2.05) is 0 Å². The maximum absolute atomic E-state index is 2.64. The summed E-state index contributed by atoms with van der Waals surface area (Å²) in [6, 6.07) is 125. The summed E-state index contributed by atoms with van der Waals surface area (Å²) in [5.41, 5.74) is 22.5. The fourth-order valence-corrected chi connectivity index (χ4v) is 16.3. The molecule has 1 unspecified atom stereocenters. The monoisotopic (exact) mass is 1260 g/mol. The molecule has 17 aromatic rings. The lowest BCUT2D eigenvalue weighted by atomic mass is 9.72. The lowest BCUT2D eigenvalue weighted by Crippen LogP contribution is -2.50. The normalized spacial score (nSPS) is 15.1. The van der Waals surface area contributed by atoms with Crippen LogP contribution in [0.2, 0.25) is 0 Å². The van der Waals surface area contributed by atoms with Crippen molar-refractivity contribution in [2.24, 2.45) is 5.92 Å². The van der Waals surface area contributed by atoms with Gasteiger partial charge in [-0.1, -0.05) is 279 Å². The molecule has 19 rings (SSSR count). The summed E-state index contributed by atoms with van der Waals surface area (Å²) in [6.07, 6.45) is 14.2. The van der Waals surface area contributed by atoms with Crippen LogP contribution in [0.25, 0.3) is 132 Å². The molecule has 0 fully saturated rings. The average molecular weight is 1260 g/mol. The summed E-state index contributed by atoms with van der Waals surface area (Å²) < 4.78 is 5.03. The summed E-state index contributed by atoms with van der Waals surface area (Å²) in [7, 11) is 0. The molecule has 2 aliphatic carbocycles. The number of fused-ring (bicyclic) bond motifs is 10. The Morgan fingerprint density at radius 3 is 1.23 bits per heavy atom. The number of hydrogen-bond donors (Lipinski definition) is 0. The maximum atomic E-state index is 2.64. The third-order valence-electron chi connectivity index (χ3n) is 20.9. The summed E-state index contributed by atoms with van der Waals surface area (Å²) in [4.78, 5) is 5.16. The van der Waals surface area contributed by atoms with Gasteiger partial charge in [-0.15, -0.1) is 0 Å². The van der Waals surface area contributed by atoms with Crippen molar-refractivity contribution in [2.45, 2.75) is 12.5 Å². The highest BCUT2D eigenvalue weighted by Gasteiger charge is 2.44. The van der Waals surface area contributed by atoms with Gasteiger partial charge in [0.25, 0.3) is 0 Å². The molecule has 0 aliphatic heterocycles. The van der Waals surface area contributed by atoms with Crippen LogP contribution in [0, 0.1) is 5.92 Å². The van der Waals surface area contributed by atoms with Gasteiger partial charge in [-0.2, -0.15) is 0 Å². The van der Waals surface area contributed by atoms with Gasteiger partial charge in [-0.3, -0.25) is 0 Å². The van der Waals surface area contributed by atoms with Gasteiger partial charge in [0.15, 0.2) is 0 Å². The minimum absolute atomic E-state index is 0.0915. The van der Waals surface area contributed by atoms with E-state index in [0.29, 0.717) is 0 Å². The van der Waals surface area contributed by atoms with Gasteiger partial charge >= 0.3 is 0 Å². The number of anilines is 5. The topological polar surface area (TPSA) is 16.3 Å². The molecule has 2 heterocycles. The van der Waals surface area contributed by atoms with E-state index >= 15 is 0 Å². The second-order valence-electron chi connectivity index (χ2n) is 26.5. The van der Waals surface area contributed by atoms with Crippen molar-refractivity contribution in [1.82, 2.24) is 9.13 Å². The van der Waals surface area contributed by atoms with E-state index in [0.717, 1.165) is 67.0 Å². The van der Waals surface area contributed by atoms with Gasteiger partial charge < -0.3 is 18.9 Å². The Kier molecular flexibility index (Phi) is 13.7. The number of aromatic nitrogens is 2. The number of benzene rings is 15. The van der Waals surface area contributed by atoms with Gasteiger partial charge in [-0.05, 0) is 165 Å². The highest BCUT2D eigenvalue weighted by molar-refractivity contribution is 6.16. The van der Waals surface area contributed by atoms with Crippen LogP contribution in [-0.2, 0) is 0 Å². The Hall–Kier alpha value is -12.8. The van der Waals surface area contributed by atoms with Crippen molar-refractivity contribution in [3.8, 4) is 50.2 Å². The van der Waals surface area contributed by atoms with Gasteiger partial charge in [0.1, 0.15) is 0 Å². The van der Waals surface area contributed by atoms with E-state index < -0.39 is 5.54 Å². The van der Waals surface area contributed by atoms with Crippen LogP contribution in [0.1, 0.15) is 6.92 Å². The quantitative estimate of drug-likeness (QED) is 0.121. The first-order valence-corrected chi connectivity index (χ1v) is 34.3. The molecule has 0 bridgehead atoms. The first-order valence-electron chi connectivity index (χ1n) is 34.3. The number of rotatable bonds is 12. The molecule has 4 heteroatoms. The second kappa shape index (κ2) is 23.6. The van der Waals surface area contributed by atoms with Crippen LogP contribution in [-0.4, -0.2) is 14.7 Å². The fourth-order valence-electron chi connectivity index (χ4n) is 16.3. The average Bonchev–Trinajstić information content (AvgIpc) is 1.47. The van der Waals surface area contributed by atoms with Crippen molar-refractivity contribution >= 4 is 110 Å². The van der Waals surface area contributed by atoms with E-state index in [-0.39, 0.29) is 5.92 Å². The van der Waals surface area contributed by atoms with Crippen LogP contribution >= 0.6 is 0 Å². The van der Waals surface area contributed by atoms with Crippen LogP contribution in [0.15, 0.2) is 382 Å². The molecule has 2 atom stereocenters. The molecule has 2 aliphatic rings. The Labute approximate surface area is 575 Å². The van der Waals surface area contributed by atoms with E-state index in [4.69, 9.17) is 0 Å². The van der Waals surface area contributed by atoms with Gasteiger partial charge in [0, 0.05) is 71.8 Å². The highest BCUT2D eigenvalue weighted by atomic mass is 15.2. The van der Waals surface area contributed by atoms with Crippen LogP contribution < -0.4 is 9.80 Å². The van der Waals surface area contributed by atoms with Gasteiger partial charge in [0.05, 0.1) is 44.7 Å². The first-order chi connectivity index (χ1) is 49.0. The minimum atomic E-state index is -0.646. The first kappa shape index (κ1) is 57.7. The number of allylic oxidation sites excluding steroid dienone is 5. The molecule has 0 radical (unpaired) electrons.